The van der Waals surface area contributed by atoms with Gasteiger partial charge >= 0.3 is 0 Å². The average Bonchev–Trinajstić information content (AvgIpc) is 2.80. The van der Waals surface area contributed by atoms with E-state index in [1.807, 2.05) is 32.0 Å². The molecule has 0 spiro atoms. The first kappa shape index (κ1) is 13.8. The van der Waals surface area contributed by atoms with Gasteiger partial charge in [0.2, 0.25) is 5.91 Å². The third-order valence-corrected chi connectivity index (χ3v) is 3.12. The number of aryl methyl sites for hydroxylation is 1. The highest BCUT2D eigenvalue weighted by molar-refractivity contribution is 5.96. The maximum atomic E-state index is 12.1. The highest BCUT2D eigenvalue weighted by Gasteiger charge is 2.28. The quantitative estimate of drug-likeness (QED) is 0.760. The maximum Gasteiger partial charge on any atom is 0.241 e. The molecule has 5 heteroatoms. The molecule has 2 rings (SSSR count). The number of carbonyl (C=O) groups is 1. The van der Waals surface area contributed by atoms with Gasteiger partial charge in [0.1, 0.15) is 5.75 Å². The van der Waals surface area contributed by atoms with Crippen LogP contribution in [-0.2, 0) is 4.79 Å². The number of benzene rings is 1. The summed E-state index contributed by atoms with van der Waals surface area (Å²) in [7, 11) is 0. The first-order valence-electron chi connectivity index (χ1n) is 6.56. The van der Waals surface area contributed by atoms with Gasteiger partial charge in [-0.05, 0) is 38.0 Å². The Hall–Kier alpha value is -1.59. The second-order valence-corrected chi connectivity index (χ2v) is 4.77. The zero-order valence-electron chi connectivity index (χ0n) is 11.3. The highest BCUT2D eigenvalue weighted by atomic mass is 16.5. The van der Waals surface area contributed by atoms with Gasteiger partial charge in [-0.2, -0.15) is 0 Å². The summed E-state index contributed by atoms with van der Waals surface area (Å²) in [5.74, 6) is 0.538. The predicted octanol–water partition coefficient (Wildman–Crippen LogP) is 1.06. The minimum atomic E-state index is -0.444. The zero-order chi connectivity index (χ0) is 13.8. The third-order valence-electron chi connectivity index (χ3n) is 3.12. The molecule has 1 aromatic carbocycles. The van der Waals surface area contributed by atoms with Gasteiger partial charge in [0.15, 0.2) is 0 Å². The molecular weight excluding hydrogens is 244 g/mol. The SMILES string of the molecule is CCOc1cc(C)ccc1NC(=O)C1CC(O)CN1. The van der Waals surface area contributed by atoms with Crippen molar-refractivity contribution in [3.8, 4) is 5.75 Å². The Labute approximate surface area is 113 Å². The molecule has 0 aromatic heterocycles. The lowest BCUT2D eigenvalue weighted by atomic mass is 10.1. The van der Waals surface area contributed by atoms with Crippen LogP contribution in [0.1, 0.15) is 18.9 Å². The number of aliphatic hydroxyl groups is 1. The van der Waals surface area contributed by atoms with Crippen molar-refractivity contribution < 1.29 is 14.6 Å². The van der Waals surface area contributed by atoms with Crippen LogP contribution in [0.2, 0.25) is 0 Å². The van der Waals surface area contributed by atoms with E-state index in [4.69, 9.17) is 4.74 Å². The number of rotatable bonds is 4. The van der Waals surface area contributed by atoms with Crippen molar-refractivity contribution in [3.63, 3.8) is 0 Å². The van der Waals surface area contributed by atoms with Gasteiger partial charge in [-0.3, -0.25) is 4.79 Å². The first-order chi connectivity index (χ1) is 9.10. The van der Waals surface area contributed by atoms with E-state index in [2.05, 4.69) is 10.6 Å². The summed E-state index contributed by atoms with van der Waals surface area (Å²) in [6, 6.07) is 5.32. The summed E-state index contributed by atoms with van der Waals surface area (Å²) >= 11 is 0. The van der Waals surface area contributed by atoms with Crippen LogP contribution >= 0.6 is 0 Å². The van der Waals surface area contributed by atoms with Crippen LogP contribution in [0.3, 0.4) is 0 Å². The van der Waals surface area contributed by atoms with Gasteiger partial charge in [-0.1, -0.05) is 6.07 Å². The van der Waals surface area contributed by atoms with Gasteiger partial charge in [0.25, 0.3) is 0 Å². The van der Waals surface area contributed by atoms with Crippen molar-refractivity contribution in [1.29, 1.82) is 0 Å². The van der Waals surface area contributed by atoms with E-state index in [-0.39, 0.29) is 11.9 Å². The molecule has 1 fully saturated rings. The van der Waals surface area contributed by atoms with Gasteiger partial charge < -0.3 is 20.5 Å². The van der Waals surface area contributed by atoms with Gasteiger partial charge in [-0.15, -0.1) is 0 Å². The summed E-state index contributed by atoms with van der Waals surface area (Å²) in [5.41, 5.74) is 1.75. The highest BCUT2D eigenvalue weighted by Crippen LogP contribution is 2.26. The fourth-order valence-electron chi connectivity index (χ4n) is 2.14. The second kappa shape index (κ2) is 6.04. The van der Waals surface area contributed by atoms with E-state index < -0.39 is 6.10 Å². The van der Waals surface area contributed by atoms with Crippen molar-refractivity contribution in [1.82, 2.24) is 5.32 Å². The minimum Gasteiger partial charge on any atom is -0.492 e. The van der Waals surface area contributed by atoms with Crippen LogP contribution in [0.25, 0.3) is 0 Å². The number of amides is 1. The second-order valence-electron chi connectivity index (χ2n) is 4.77. The summed E-state index contributed by atoms with van der Waals surface area (Å²) < 4.78 is 5.52. The molecule has 0 aliphatic carbocycles. The smallest absolute Gasteiger partial charge is 0.241 e. The van der Waals surface area contributed by atoms with Gasteiger partial charge in [0, 0.05) is 6.54 Å². The summed E-state index contributed by atoms with van der Waals surface area (Å²) in [6.45, 7) is 4.89. The van der Waals surface area contributed by atoms with Crippen molar-refractivity contribution >= 4 is 11.6 Å². The topological polar surface area (TPSA) is 70.6 Å². The normalized spacial score (nSPS) is 22.3. The Balaban J connectivity index is 2.07. The Morgan fingerprint density at radius 1 is 1.58 bits per heavy atom. The number of anilines is 1. The molecule has 0 radical (unpaired) electrons. The first-order valence-corrected chi connectivity index (χ1v) is 6.56. The van der Waals surface area contributed by atoms with Crippen molar-refractivity contribution in [2.45, 2.75) is 32.4 Å². The van der Waals surface area contributed by atoms with Crippen LogP contribution < -0.4 is 15.4 Å². The van der Waals surface area contributed by atoms with E-state index in [1.54, 1.807) is 0 Å². The van der Waals surface area contributed by atoms with E-state index in [9.17, 15) is 9.90 Å². The van der Waals surface area contributed by atoms with Gasteiger partial charge in [-0.25, -0.2) is 0 Å². The molecule has 3 N–H and O–H groups in total. The standard InChI is InChI=1S/C14H20N2O3/c1-3-19-13-6-9(2)4-5-11(13)16-14(18)12-7-10(17)8-15-12/h4-6,10,12,15,17H,3,7-8H2,1-2H3,(H,16,18). The van der Waals surface area contributed by atoms with Crippen LogP contribution in [0, 0.1) is 6.92 Å². The molecule has 1 aliphatic rings. The third kappa shape index (κ3) is 3.45. The monoisotopic (exact) mass is 264 g/mol. The van der Waals surface area contributed by atoms with E-state index in [1.165, 1.54) is 0 Å². The fraction of sp³-hybridized carbons (Fsp3) is 0.500. The van der Waals surface area contributed by atoms with Crippen LogP contribution in [0.5, 0.6) is 5.75 Å². The lowest BCUT2D eigenvalue weighted by molar-refractivity contribution is -0.117. The number of hydrogen-bond donors (Lipinski definition) is 3. The predicted molar refractivity (Wildman–Crippen MR) is 73.4 cm³/mol. The number of ether oxygens (including phenoxy) is 1. The van der Waals surface area contributed by atoms with Crippen molar-refractivity contribution in [2.24, 2.45) is 0 Å². The summed E-state index contributed by atoms with van der Waals surface area (Å²) in [5, 5.41) is 15.3. The number of carbonyl (C=O) groups excluding carboxylic acids is 1. The molecule has 1 amide bonds. The number of nitrogens with one attached hydrogen (secondary N) is 2. The van der Waals surface area contributed by atoms with E-state index in [0.717, 1.165) is 5.56 Å². The van der Waals surface area contributed by atoms with Crippen molar-refractivity contribution in [2.75, 3.05) is 18.5 Å². The molecule has 1 aromatic rings. The molecule has 1 aliphatic heterocycles. The average molecular weight is 264 g/mol. The number of β-amino-alcohol motifs (C(OH)–C–C–N with tert-alkyl or cyclic N) is 1. The van der Waals surface area contributed by atoms with Gasteiger partial charge in [0.05, 0.1) is 24.4 Å². The van der Waals surface area contributed by atoms with Crippen LogP contribution in [-0.4, -0.2) is 36.3 Å². The molecule has 2 unspecified atom stereocenters. The fourth-order valence-corrected chi connectivity index (χ4v) is 2.14. The largest absolute Gasteiger partial charge is 0.492 e. The summed E-state index contributed by atoms with van der Waals surface area (Å²) in [4.78, 5) is 12.1. The number of aliphatic hydroxyl groups excluding tert-OH is 1. The van der Waals surface area contributed by atoms with Crippen LogP contribution in [0.4, 0.5) is 5.69 Å². The Morgan fingerprint density at radius 2 is 2.37 bits per heavy atom. The van der Waals surface area contributed by atoms with Crippen molar-refractivity contribution in [3.05, 3.63) is 23.8 Å². The lowest BCUT2D eigenvalue weighted by Gasteiger charge is -2.15. The molecule has 0 saturated carbocycles. The summed E-state index contributed by atoms with van der Waals surface area (Å²) in [6.07, 6.45) is 0.00177. The maximum absolute atomic E-state index is 12.1. The molecule has 2 atom stereocenters. The lowest BCUT2D eigenvalue weighted by Crippen LogP contribution is -2.35. The Morgan fingerprint density at radius 3 is 3.00 bits per heavy atom. The molecule has 5 nitrogen and oxygen atoms in total. The zero-order valence-corrected chi connectivity index (χ0v) is 11.3. The molecule has 1 saturated heterocycles. The Kier molecular flexibility index (Phi) is 4.39. The molecular formula is C14H20N2O3. The molecule has 0 bridgehead atoms. The molecule has 104 valence electrons. The molecule has 1 heterocycles. The molecule has 19 heavy (non-hydrogen) atoms. The number of hydrogen-bond acceptors (Lipinski definition) is 4. The Bertz CT molecular complexity index is 462. The van der Waals surface area contributed by atoms with E-state index in [0.29, 0.717) is 31.0 Å². The minimum absolute atomic E-state index is 0.138. The van der Waals surface area contributed by atoms with Crippen LogP contribution in [0.15, 0.2) is 18.2 Å². The van der Waals surface area contributed by atoms with E-state index >= 15 is 0 Å².